The van der Waals surface area contributed by atoms with E-state index in [4.69, 9.17) is 0 Å². The molecule has 0 aliphatic carbocycles. The third kappa shape index (κ3) is 2.36. The van der Waals surface area contributed by atoms with Gasteiger partial charge in [-0.15, -0.1) is 0 Å². The average Bonchev–Trinajstić information content (AvgIpc) is 2.16. The first-order chi connectivity index (χ1) is 6.67. The summed E-state index contributed by atoms with van der Waals surface area (Å²) in [6, 6.07) is 5.63. The molecule has 0 radical (unpaired) electrons. The van der Waals surface area contributed by atoms with Gasteiger partial charge in [0.25, 0.3) is 0 Å². The molecule has 0 saturated carbocycles. The zero-order chi connectivity index (χ0) is 10.6. The van der Waals surface area contributed by atoms with Gasteiger partial charge in [-0.2, -0.15) is 0 Å². The lowest BCUT2D eigenvalue weighted by atomic mass is 10.1. The zero-order valence-electron chi connectivity index (χ0n) is 8.42. The molecule has 0 atom stereocenters. The van der Waals surface area contributed by atoms with E-state index < -0.39 is 0 Å². The molecule has 2 N–H and O–H groups in total. The predicted molar refractivity (Wildman–Crippen MR) is 60.4 cm³/mol. The Kier molecular flexibility index (Phi) is 3.29. The van der Waals surface area contributed by atoms with E-state index >= 15 is 0 Å². The Morgan fingerprint density at radius 2 is 2.21 bits per heavy atom. The molecule has 3 nitrogen and oxygen atoms in total. The Labute approximate surface area is 83.8 Å². The normalized spacial score (nSPS) is 9.29. The van der Waals surface area contributed by atoms with Gasteiger partial charge in [-0.3, -0.25) is 4.79 Å². The molecule has 14 heavy (non-hydrogen) atoms. The molecule has 0 unspecified atom stereocenters. The summed E-state index contributed by atoms with van der Waals surface area (Å²) >= 11 is 0. The SMILES string of the molecule is C=Cc1ccc(NC(C)=O)cc1NC. The number of nitrogens with one attached hydrogen (secondary N) is 2. The lowest BCUT2D eigenvalue weighted by molar-refractivity contribution is -0.114. The van der Waals surface area contributed by atoms with Gasteiger partial charge in [0.15, 0.2) is 0 Å². The first-order valence-electron chi connectivity index (χ1n) is 4.39. The van der Waals surface area contributed by atoms with Gasteiger partial charge in [0, 0.05) is 25.3 Å². The lowest BCUT2D eigenvalue weighted by Gasteiger charge is -2.08. The third-order valence-electron chi connectivity index (χ3n) is 1.86. The fourth-order valence-electron chi connectivity index (χ4n) is 1.23. The van der Waals surface area contributed by atoms with Gasteiger partial charge in [-0.25, -0.2) is 0 Å². The third-order valence-corrected chi connectivity index (χ3v) is 1.86. The Morgan fingerprint density at radius 1 is 1.50 bits per heavy atom. The molecular weight excluding hydrogens is 176 g/mol. The second-order valence-corrected chi connectivity index (χ2v) is 2.94. The quantitative estimate of drug-likeness (QED) is 0.768. The average molecular weight is 190 g/mol. The van der Waals surface area contributed by atoms with Crippen molar-refractivity contribution >= 4 is 23.4 Å². The lowest BCUT2D eigenvalue weighted by Crippen LogP contribution is -2.06. The van der Waals surface area contributed by atoms with Crippen LogP contribution in [0.4, 0.5) is 11.4 Å². The molecule has 0 fully saturated rings. The molecule has 74 valence electrons. The van der Waals surface area contributed by atoms with Crippen molar-refractivity contribution in [2.24, 2.45) is 0 Å². The monoisotopic (exact) mass is 190 g/mol. The van der Waals surface area contributed by atoms with Crippen LogP contribution in [0.25, 0.3) is 6.08 Å². The van der Waals surface area contributed by atoms with Crippen LogP contribution < -0.4 is 10.6 Å². The van der Waals surface area contributed by atoms with Crippen LogP contribution in [0.3, 0.4) is 0 Å². The van der Waals surface area contributed by atoms with Crippen molar-refractivity contribution in [2.75, 3.05) is 17.7 Å². The van der Waals surface area contributed by atoms with E-state index in [1.807, 2.05) is 25.2 Å². The number of benzene rings is 1. The Hall–Kier alpha value is -1.77. The number of carbonyl (C=O) groups excluding carboxylic acids is 1. The molecule has 0 aliphatic rings. The maximum absolute atomic E-state index is 10.8. The van der Waals surface area contributed by atoms with Gasteiger partial charge >= 0.3 is 0 Å². The van der Waals surface area contributed by atoms with Crippen molar-refractivity contribution in [2.45, 2.75) is 6.92 Å². The second-order valence-electron chi connectivity index (χ2n) is 2.94. The number of amides is 1. The fraction of sp³-hybridized carbons (Fsp3) is 0.182. The van der Waals surface area contributed by atoms with E-state index in [0.717, 1.165) is 16.9 Å². The summed E-state index contributed by atoms with van der Waals surface area (Å²) in [7, 11) is 1.83. The maximum Gasteiger partial charge on any atom is 0.221 e. The van der Waals surface area contributed by atoms with E-state index in [2.05, 4.69) is 17.2 Å². The zero-order valence-corrected chi connectivity index (χ0v) is 8.42. The van der Waals surface area contributed by atoms with Gasteiger partial charge in [0.05, 0.1) is 0 Å². The summed E-state index contributed by atoms with van der Waals surface area (Å²) in [5.74, 6) is -0.0709. The minimum absolute atomic E-state index is 0.0709. The maximum atomic E-state index is 10.8. The summed E-state index contributed by atoms with van der Waals surface area (Å²) in [6.07, 6.45) is 1.77. The van der Waals surface area contributed by atoms with E-state index in [-0.39, 0.29) is 5.91 Å². The van der Waals surface area contributed by atoms with Crippen molar-refractivity contribution in [3.05, 3.63) is 30.3 Å². The molecule has 0 saturated heterocycles. The topological polar surface area (TPSA) is 41.1 Å². The highest BCUT2D eigenvalue weighted by Crippen LogP contribution is 2.21. The second kappa shape index (κ2) is 4.46. The van der Waals surface area contributed by atoms with Crippen LogP contribution in [0.5, 0.6) is 0 Å². The van der Waals surface area contributed by atoms with E-state index in [9.17, 15) is 4.79 Å². The van der Waals surface area contributed by atoms with Crippen LogP contribution in [0.1, 0.15) is 12.5 Å². The number of carbonyl (C=O) groups is 1. The van der Waals surface area contributed by atoms with Gasteiger partial charge in [0.2, 0.25) is 5.91 Å². The number of hydrogen-bond acceptors (Lipinski definition) is 2. The van der Waals surface area contributed by atoms with Gasteiger partial charge in [0.1, 0.15) is 0 Å². The number of rotatable bonds is 3. The van der Waals surface area contributed by atoms with Crippen LogP contribution in [-0.4, -0.2) is 13.0 Å². The minimum Gasteiger partial charge on any atom is -0.388 e. The molecule has 0 spiro atoms. The molecule has 0 aromatic heterocycles. The summed E-state index contributed by atoms with van der Waals surface area (Å²) in [5, 5.41) is 5.76. The molecular formula is C11H14N2O. The van der Waals surface area contributed by atoms with Crippen molar-refractivity contribution in [3.63, 3.8) is 0 Å². The number of anilines is 2. The van der Waals surface area contributed by atoms with Crippen molar-refractivity contribution in [1.29, 1.82) is 0 Å². The molecule has 1 rings (SSSR count). The summed E-state index contributed by atoms with van der Waals surface area (Å²) in [6.45, 7) is 5.19. The van der Waals surface area contributed by atoms with Crippen LogP contribution in [0.15, 0.2) is 24.8 Å². The standard InChI is InChI=1S/C11H14N2O/c1-4-9-5-6-10(13-8(2)14)7-11(9)12-3/h4-7,12H,1H2,2-3H3,(H,13,14). The fourth-order valence-corrected chi connectivity index (χ4v) is 1.23. The van der Waals surface area contributed by atoms with Gasteiger partial charge < -0.3 is 10.6 Å². The largest absolute Gasteiger partial charge is 0.388 e. The van der Waals surface area contributed by atoms with E-state index in [0.29, 0.717) is 0 Å². The molecule has 1 amide bonds. The Bertz CT molecular complexity index is 358. The van der Waals surface area contributed by atoms with E-state index in [1.165, 1.54) is 6.92 Å². The summed E-state index contributed by atoms with van der Waals surface area (Å²) in [4.78, 5) is 10.8. The van der Waals surface area contributed by atoms with Crippen LogP contribution in [0.2, 0.25) is 0 Å². The molecule has 1 aromatic carbocycles. The van der Waals surface area contributed by atoms with Crippen LogP contribution in [0, 0.1) is 0 Å². The molecule has 1 aromatic rings. The molecule has 0 bridgehead atoms. The molecule has 0 heterocycles. The van der Waals surface area contributed by atoms with Crippen LogP contribution in [-0.2, 0) is 4.79 Å². The summed E-state index contributed by atoms with van der Waals surface area (Å²) < 4.78 is 0. The molecule has 0 aliphatic heterocycles. The summed E-state index contributed by atoms with van der Waals surface area (Å²) in [5.41, 5.74) is 2.75. The van der Waals surface area contributed by atoms with Crippen molar-refractivity contribution in [1.82, 2.24) is 0 Å². The first kappa shape index (κ1) is 10.3. The van der Waals surface area contributed by atoms with Crippen molar-refractivity contribution < 1.29 is 4.79 Å². The number of hydrogen-bond donors (Lipinski definition) is 2. The Morgan fingerprint density at radius 3 is 2.71 bits per heavy atom. The highest BCUT2D eigenvalue weighted by Gasteiger charge is 2.00. The van der Waals surface area contributed by atoms with Gasteiger partial charge in [-0.1, -0.05) is 18.7 Å². The highest BCUT2D eigenvalue weighted by molar-refractivity contribution is 5.89. The first-order valence-corrected chi connectivity index (χ1v) is 4.39. The van der Waals surface area contributed by atoms with Gasteiger partial charge in [-0.05, 0) is 17.7 Å². The smallest absolute Gasteiger partial charge is 0.221 e. The molecule has 3 heteroatoms. The minimum atomic E-state index is -0.0709. The highest BCUT2D eigenvalue weighted by atomic mass is 16.1. The van der Waals surface area contributed by atoms with Crippen molar-refractivity contribution in [3.8, 4) is 0 Å². The van der Waals surface area contributed by atoms with E-state index in [1.54, 1.807) is 6.08 Å². The van der Waals surface area contributed by atoms with Crippen LogP contribution >= 0.6 is 0 Å². The predicted octanol–water partition coefficient (Wildman–Crippen LogP) is 2.33. The Balaban J connectivity index is 3.01.